The number of pyridine rings is 1. The highest BCUT2D eigenvalue weighted by Crippen LogP contribution is 2.42. The first kappa shape index (κ1) is 18.4. The van der Waals surface area contributed by atoms with E-state index in [4.69, 9.17) is 11.6 Å². The summed E-state index contributed by atoms with van der Waals surface area (Å²) in [6.07, 6.45) is 3.72. The van der Waals surface area contributed by atoms with Gasteiger partial charge in [0.1, 0.15) is 5.82 Å². The number of carbonyl (C=O) groups is 2. The zero-order valence-electron chi connectivity index (χ0n) is 15.5. The number of rotatable bonds is 3. The molecule has 0 bridgehead atoms. The van der Waals surface area contributed by atoms with Gasteiger partial charge in [0.15, 0.2) is 5.78 Å². The molecule has 1 aliphatic heterocycles. The SMILES string of the molecule is CC1=C(C(=O)Nc2ccccn2)[C@H](c2cccc(Cl)c2)C2=C(CCCC2=O)N1. The zero-order valence-corrected chi connectivity index (χ0v) is 16.2. The Balaban J connectivity index is 1.80. The molecule has 6 heteroatoms. The number of benzene rings is 1. The molecule has 1 amide bonds. The van der Waals surface area contributed by atoms with E-state index >= 15 is 0 Å². The predicted octanol–water partition coefficient (Wildman–Crippen LogP) is 4.34. The Bertz CT molecular complexity index is 1010. The molecule has 142 valence electrons. The van der Waals surface area contributed by atoms with E-state index < -0.39 is 5.92 Å². The Labute approximate surface area is 168 Å². The van der Waals surface area contributed by atoms with Crippen molar-refractivity contribution >= 4 is 29.1 Å². The van der Waals surface area contributed by atoms with Crippen molar-refractivity contribution in [2.75, 3.05) is 5.32 Å². The van der Waals surface area contributed by atoms with Gasteiger partial charge in [-0.25, -0.2) is 4.98 Å². The van der Waals surface area contributed by atoms with E-state index in [1.807, 2.05) is 31.2 Å². The molecule has 0 fully saturated rings. The number of carbonyl (C=O) groups excluding carboxylic acids is 2. The van der Waals surface area contributed by atoms with Crippen LogP contribution in [0.2, 0.25) is 5.02 Å². The van der Waals surface area contributed by atoms with Gasteiger partial charge >= 0.3 is 0 Å². The molecule has 0 saturated carbocycles. The van der Waals surface area contributed by atoms with Gasteiger partial charge in [-0.2, -0.15) is 0 Å². The minimum Gasteiger partial charge on any atom is -0.362 e. The second-order valence-corrected chi connectivity index (χ2v) is 7.43. The average molecular weight is 394 g/mol. The minimum absolute atomic E-state index is 0.0781. The Hall–Kier alpha value is -2.92. The second kappa shape index (κ2) is 7.60. The van der Waals surface area contributed by atoms with Crippen LogP contribution >= 0.6 is 11.6 Å². The molecule has 28 heavy (non-hydrogen) atoms. The molecule has 1 aromatic carbocycles. The molecule has 0 saturated heterocycles. The molecule has 1 aromatic heterocycles. The third kappa shape index (κ3) is 3.45. The fraction of sp³-hybridized carbons (Fsp3) is 0.227. The van der Waals surface area contributed by atoms with E-state index in [0.717, 1.165) is 29.8 Å². The average Bonchev–Trinajstić information content (AvgIpc) is 2.68. The van der Waals surface area contributed by atoms with E-state index in [1.54, 1.807) is 24.4 Å². The van der Waals surface area contributed by atoms with Crippen LogP contribution in [0.1, 0.15) is 37.7 Å². The van der Waals surface area contributed by atoms with Crippen molar-refractivity contribution in [1.82, 2.24) is 10.3 Å². The van der Waals surface area contributed by atoms with Crippen molar-refractivity contribution in [3.05, 3.63) is 81.8 Å². The van der Waals surface area contributed by atoms with Gasteiger partial charge in [0, 0.05) is 46.1 Å². The standard InChI is InChI=1S/C22H20ClN3O2/c1-13-19(22(28)26-18-10-2-3-11-24-18)20(14-6-4-7-15(23)12-14)21-16(25-13)8-5-9-17(21)27/h2-4,6-7,10-12,20,25H,5,8-9H2,1H3,(H,24,26,28)/t20-/m0/s1. The van der Waals surface area contributed by atoms with Gasteiger partial charge in [-0.15, -0.1) is 0 Å². The molecule has 1 atom stereocenters. The van der Waals surface area contributed by atoms with E-state index in [0.29, 0.717) is 28.4 Å². The molecule has 0 unspecified atom stereocenters. The first-order valence-corrected chi connectivity index (χ1v) is 9.64. The van der Waals surface area contributed by atoms with Crippen LogP contribution in [-0.2, 0) is 9.59 Å². The summed E-state index contributed by atoms with van der Waals surface area (Å²) in [5.74, 6) is -0.188. The number of hydrogen-bond donors (Lipinski definition) is 2. The minimum atomic E-state index is -0.452. The molecule has 0 radical (unpaired) electrons. The number of ketones is 1. The lowest BCUT2D eigenvalue weighted by atomic mass is 9.75. The summed E-state index contributed by atoms with van der Waals surface area (Å²) in [6.45, 7) is 1.87. The fourth-order valence-electron chi connectivity index (χ4n) is 3.92. The topological polar surface area (TPSA) is 71.1 Å². The van der Waals surface area contributed by atoms with Crippen molar-refractivity contribution in [3.8, 4) is 0 Å². The lowest BCUT2D eigenvalue weighted by Gasteiger charge is -2.34. The molecule has 2 aromatic rings. The third-order valence-electron chi connectivity index (χ3n) is 5.11. The second-order valence-electron chi connectivity index (χ2n) is 6.99. The van der Waals surface area contributed by atoms with Crippen LogP contribution in [0.5, 0.6) is 0 Å². The van der Waals surface area contributed by atoms with Gasteiger partial charge < -0.3 is 10.6 Å². The van der Waals surface area contributed by atoms with Crippen LogP contribution < -0.4 is 10.6 Å². The van der Waals surface area contributed by atoms with E-state index in [-0.39, 0.29) is 11.7 Å². The Morgan fingerprint density at radius 2 is 2.07 bits per heavy atom. The Morgan fingerprint density at radius 3 is 2.82 bits per heavy atom. The van der Waals surface area contributed by atoms with Gasteiger partial charge in [0.05, 0.1) is 0 Å². The first-order valence-electron chi connectivity index (χ1n) is 9.26. The van der Waals surface area contributed by atoms with Gasteiger partial charge in [0.2, 0.25) is 0 Å². The maximum Gasteiger partial charge on any atom is 0.255 e. The lowest BCUT2D eigenvalue weighted by Crippen LogP contribution is -2.35. The molecule has 2 heterocycles. The molecule has 4 rings (SSSR count). The zero-order chi connectivity index (χ0) is 19.7. The molecule has 1 aliphatic carbocycles. The molecular weight excluding hydrogens is 374 g/mol. The maximum atomic E-state index is 13.2. The first-order chi connectivity index (χ1) is 13.5. The van der Waals surface area contributed by atoms with Crippen LogP contribution in [0.3, 0.4) is 0 Å². The normalized spacial score (nSPS) is 19.2. The summed E-state index contributed by atoms with van der Waals surface area (Å²) >= 11 is 6.23. The number of aromatic nitrogens is 1. The fourth-order valence-corrected chi connectivity index (χ4v) is 4.12. The Morgan fingerprint density at radius 1 is 1.21 bits per heavy atom. The van der Waals surface area contributed by atoms with Crippen molar-refractivity contribution in [1.29, 1.82) is 0 Å². The van der Waals surface area contributed by atoms with E-state index in [9.17, 15) is 9.59 Å². The monoisotopic (exact) mass is 393 g/mol. The number of dihydropyridines is 1. The van der Waals surface area contributed by atoms with Crippen LogP contribution in [0, 0.1) is 0 Å². The number of anilines is 1. The van der Waals surface area contributed by atoms with Crippen molar-refractivity contribution < 1.29 is 9.59 Å². The number of nitrogens with one attached hydrogen (secondary N) is 2. The smallest absolute Gasteiger partial charge is 0.255 e. The molecule has 2 N–H and O–H groups in total. The van der Waals surface area contributed by atoms with Gasteiger partial charge in [-0.3, -0.25) is 9.59 Å². The Kier molecular flexibility index (Phi) is 5.01. The summed E-state index contributed by atoms with van der Waals surface area (Å²) < 4.78 is 0. The van der Waals surface area contributed by atoms with Crippen LogP contribution in [0.4, 0.5) is 5.82 Å². The van der Waals surface area contributed by atoms with Crippen LogP contribution in [0.25, 0.3) is 0 Å². The summed E-state index contributed by atoms with van der Waals surface area (Å²) in [6, 6.07) is 12.7. The summed E-state index contributed by atoms with van der Waals surface area (Å²) in [5, 5.41) is 6.73. The predicted molar refractivity (Wildman–Crippen MR) is 109 cm³/mol. The van der Waals surface area contributed by atoms with Crippen LogP contribution in [0.15, 0.2) is 71.2 Å². The summed E-state index contributed by atoms with van der Waals surface area (Å²) in [7, 11) is 0. The molecule has 0 spiro atoms. The van der Waals surface area contributed by atoms with Crippen molar-refractivity contribution in [2.24, 2.45) is 0 Å². The van der Waals surface area contributed by atoms with Gasteiger partial charge in [0.25, 0.3) is 5.91 Å². The molecule has 5 nitrogen and oxygen atoms in total. The summed E-state index contributed by atoms with van der Waals surface area (Å²) in [4.78, 5) is 30.2. The number of hydrogen-bond acceptors (Lipinski definition) is 4. The number of Topliss-reactive ketones (excluding diaryl/α,β-unsaturated/α-hetero) is 1. The van der Waals surface area contributed by atoms with Crippen molar-refractivity contribution in [2.45, 2.75) is 32.1 Å². The quantitative estimate of drug-likeness (QED) is 0.813. The highest BCUT2D eigenvalue weighted by Gasteiger charge is 2.38. The molecule has 2 aliphatic rings. The van der Waals surface area contributed by atoms with E-state index in [2.05, 4.69) is 15.6 Å². The molecular formula is C22H20ClN3O2. The van der Waals surface area contributed by atoms with Crippen LogP contribution in [-0.4, -0.2) is 16.7 Å². The maximum absolute atomic E-state index is 13.2. The third-order valence-corrected chi connectivity index (χ3v) is 5.34. The van der Waals surface area contributed by atoms with E-state index in [1.165, 1.54) is 0 Å². The number of allylic oxidation sites excluding steroid dienone is 3. The highest BCUT2D eigenvalue weighted by molar-refractivity contribution is 6.30. The number of nitrogens with zero attached hydrogens (tertiary/aromatic N) is 1. The lowest BCUT2D eigenvalue weighted by molar-refractivity contribution is -0.116. The number of amides is 1. The number of halogens is 1. The summed E-state index contributed by atoms with van der Waals surface area (Å²) in [5.41, 5.74) is 3.68. The largest absolute Gasteiger partial charge is 0.362 e. The highest BCUT2D eigenvalue weighted by atomic mass is 35.5. The van der Waals surface area contributed by atoms with Gasteiger partial charge in [-0.05, 0) is 49.6 Å². The van der Waals surface area contributed by atoms with Crippen molar-refractivity contribution in [3.63, 3.8) is 0 Å². The van der Waals surface area contributed by atoms with Gasteiger partial charge in [-0.1, -0.05) is 29.8 Å².